The first-order valence-corrected chi connectivity index (χ1v) is 9.50. The van der Waals surface area contributed by atoms with E-state index in [-0.39, 0.29) is 17.3 Å². The Balaban J connectivity index is 2.14. The molecule has 0 aliphatic carbocycles. The summed E-state index contributed by atoms with van der Waals surface area (Å²) in [5.74, 6) is -0.130. The van der Waals surface area contributed by atoms with Gasteiger partial charge in [-0.1, -0.05) is 36.4 Å². The predicted octanol–water partition coefficient (Wildman–Crippen LogP) is 2.81. The Bertz CT molecular complexity index is 816. The highest BCUT2D eigenvalue weighted by atomic mass is 32.2. The van der Waals surface area contributed by atoms with E-state index in [0.717, 1.165) is 5.56 Å². The van der Waals surface area contributed by atoms with Crippen molar-refractivity contribution in [3.8, 4) is 0 Å². The zero-order chi connectivity index (χ0) is 18.3. The second-order valence-electron chi connectivity index (χ2n) is 5.47. The fraction of sp³-hybridized carbons (Fsp3) is 0.211. The summed E-state index contributed by atoms with van der Waals surface area (Å²) >= 11 is 0. The fourth-order valence-corrected chi connectivity index (χ4v) is 3.34. The summed E-state index contributed by atoms with van der Waals surface area (Å²) in [6.07, 6.45) is 1.47. The number of nitrogens with one attached hydrogen (secondary N) is 1. The SMILES string of the molecule is C=CCNS(=O)(=O)c1ccc(C(=O)N(CC)Cc2ccccc2)cc1. The van der Waals surface area contributed by atoms with Crippen LogP contribution in [0.25, 0.3) is 0 Å². The van der Waals surface area contributed by atoms with Crippen LogP contribution in [0.1, 0.15) is 22.8 Å². The average molecular weight is 358 g/mol. The molecule has 0 saturated carbocycles. The maximum atomic E-state index is 12.7. The van der Waals surface area contributed by atoms with Crippen molar-refractivity contribution in [1.82, 2.24) is 9.62 Å². The van der Waals surface area contributed by atoms with Gasteiger partial charge in [-0.3, -0.25) is 4.79 Å². The molecule has 132 valence electrons. The summed E-state index contributed by atoms with van der Waals surface area (Å²) in [5.41, 5.74) is 1.51. The van der Waals surface area contributed by atoms with Gasteiger partial charge in [0.25, 0.3) is 5.91 Å². The van der Waals surface area contributed by atoms with Crippen LogP contribution < -0.4 is 4.72 Å². The molecule has 0 unspecified atom stereocenters. The lowest BCUT2D eigenvalue weighted by Crippen LogP contribution is -2.30. The Morgan fingerprint density at radius 1 is 1.12 bits per heavy atom. The van der Waals surface area contributed by atoms with E-state index in [1.54, 1.807) is 17.0 Å². The molecule has 0 spiro atoms. The molecule has 0 saturated heterocycles. The largest absolute Gasteiger partial charge is 0.335 e. The molecular formula is C19H22N2O3S. The number of amides is 1. The van der Waals surface area contributed by atoms with Crippen molar-refractivity contribution < 1.29 is 13.2 Å². The fourth-order valence-electron chi connectivity index (χ4n) is 2.34. The molecule has 0 aliphatic rings. The molecular weight excluding hydrogens is 336 g/mol. The lowest BCUT2D eigenvalue weighted by Gasteiger charge is -2.21. The van der Waals surface area contributed by atoms with Gasteiger partial charge in [-0.2, -0.15) is 0 Å². The van der Waals surface area contributed by atoms with Gasteiger partial charge in [-0.05, 0) is 36.8 Å². The maximum Gasteiger partial charge on any atom is 0.254 e. The first-order chi connectivity index (χ1) is 12.0. The van der Waals surface area contributed by atoms with Crippen molar-refractivity contribution in [2.24, 2.45) is 0 Å². The number of hydrogen-bond acceptors (Lipinski definition) is 3. The van der Waals surface area contributed by atoms with Gasteiger partial charge in [-0.25, -0.2) is 13.1 Å². The standard InChI is InChI=1S/C19H22N2O3S/c1-3-14-20-25(23,24)18-12-10-17(11-13-18)19(22)21(4-2)15-16-8-6-5-7-9-16/h3,5-13,20H,1,4,14-15H2,2H3. The maximum absolute atomic E-state index is 12.7. The van der Waals surface area contributed by atoms with Crippen molar-refractivity contribution in [3.05, 3.63) is 78.4 Å². The second kappa shape index (κ2) is 8.60. The minimum Gasteiger partial charge on any atom is -0.335 e. The monoisotopic (exact) mass is 358 g/mol. The van der Waals surface area contributed by atoms with Crippen molar-refractivity contribution in [2.45, 2.75) is 18.4 Å². The van der Waals surface area contributed by atoms with Gasteiger partial charge in [0.1, 0.15) is 0 Å². The van der Waals surface area contributed by atoms with Gasteiger partial charge in [0.15, 0.2) is 0 Å². The van der Waals surface area contributed by atoms with Crippen LogP contribution in [0.15, 0.2) is 72.1 Å². The summed E-state index contributed by atoms with van der Waals surface area (Å²) in [6, 6.07) is 15.7. The number of carbonyl (C=O) groups excluding carboxylic acids is 1. The predicted molar refractivity (Wildman–Crippen MR) is 98.7 cm³/mol. The lowest BCUT2D eigenvalue weighted by atomic mass is 10.1. The van der Waals surface area contributed by atoms with Crippen LogP contribution >= 0.6 is 0 Å². The van der Waals surface area contributed by atoms with Crippen LogP contribution in [0.2, 0.25) is 0 Å². The van der Waals surface area contributed by atoms with Crippen molar-refractivity contribution in [1.29, 1.82) is 0 Å². The Morgan fingerprint density at radius 3 is 2.32 bits per heavy atom. The van der Waals surface area contributed by atoms with E-state index in [1.807, 2.05) is 37.3 Å². The van der Waals surface area contributed by atoms with E-state index in [0.29, 0.717) is 18.7 Å². The average Bonchev–Trinajstić information content (AvgIpc) is 2.65. The highest BCUT2D eigenvalue weighted by molar-refractivity contribution is 7.89. The first-order valence-electron chi connectivity index (χ1n) is 8.01. The molecule has 0 aliphatic heterocycles. The number of rotatable bonds is 8. The van der Waals surface area contributed by atoms with E-state index < -0.39 is 10.0 Å². The minimum atomic E-state index is -3.59. The topological polar surface area (TPSA) is 66.5 Å². The van der Waals surface area contributed by atoms with E-state index in [1.165, 1.54) is 18.2 Å². The molecule has 5 nitrogen and oxygen atoms in total. The Labute approximate surface area is 149 Å². The third-order valence-electron chi connectivity index (χ3n) is 3.71. The van der Waals surface area contributed by atoms with E-state index in [2.05, 4.69) is 11.3 Å². The Kier molecular flexibility index (Phi) is 6.50. The third-order valence-corrected chi connectivity index (χ3v) is 5.15. The molecule has 0 aromatic heterocycles. The Morgan fingerprint density at radius 2 is 1.76 bits per heavy atom. The van der Waals surface area contributed by atoms with Crippen molar-refractivity contribution in [2.75, 3.05) is 13.1 Å². The van der Waals surface area contributed by atoms with Crippen LogP contribution in [0, 0.1) is 0 Å². The zero-order valence-electron chi connectivity index (χ0n) is 14.2. The zero-order valence-corrected chi connectivity index (χ0v) is 15.0. The van der Waals surface area contributed by atoms with Gasteiger partial charge in [0, 0.05) is 25.2 Å². The van der Waals surface area contributed by atoms with E-state index >= 15 is 0 Å². The molecule has 6 heteroatoms. The molecule has 0 atom stereocenters. The molecule has 2 aromatic carbocycles. The Hall–Kier alpha value is -2.44. The third kappa shape index (κ3) is 5.01. The second-order valence-corrected chi connectivity index (χ2v) is 7.24. The lowest BCUT2D eigenvalue weighted by molar-refractivity contribution is 0.0752. The molecule has 1 amide bonds. The van der Waals surface area contributed by atoms with Crippen LogP contribution in [-0.2, 0) is 16.6 Å². The number of nitrogens with zero attached hydrogens (tertiary/aromatic N) is 1. The molecule has 0 radical (unpaired) electrons. The summed E-state index contributed by atoms with van der Waals surface area (Å²) < 4.78 is 26.5. The normalized spacial score (nSPS) is 11.1. The molecule has 0 bridgehead atoms. The quantitative estimate of drug-likeness (QED) is 0.738. The smallest absolute Gasteiger partial charge is 0.254 e. The number of hydrogen-bond donors (Lipinski definition) is 1. The molecule has 1 N–H and O–H groups in total. The molecule has 0 fully saturated rings. The summed E-state index contributed by atoms with van der Waals surface area (Å²) in [7, 11) is -3.59. The van der Waals surface area contributed by atoms with E-state index in [9.17, 15) is 13.2 Å². The molecule has 2 aromatic rings. The van der Waals surface area contributed by atoms with Crippen molar-refractivity contribution in [3.63, 3.8) is 0 Å². The van der Waals surface area contributed by atoms with Gasteiger partial charge >= 0.3 is 0 Å². The van der Waals surface area contributed by atoms with E-state index in [4.69, 9.17) is 0 Å². The van der Waals surface area contributed by atoms with Gasteiger partial charge < -0.3 is 4.90 Å². The highest BCUT2D eigenvalue weighted by Crippen LogP contribution is 2.14. The van der Waals surface area contributed by atoms with Gasteiger partial charge in [0.2, 0.25) is 10.0 Å². The van der Waals surface area contributed by atoms with Crippen LogP contribution in [0.5, 0.6) is 0 Å². The first kappa shape index (κ1) is 18.9. The molecule has 2 rings (SSSR count). The van der Waals surface area contributed by atoms with Gasteiger partial charge in [0.05, 0.1) is 4.90 Å². The summed E-state index contributed by atoms with van der Waals surface area (Å²) in [6.45, 7) is 6.63. The van der Waals surface area contributed by atoms with Crippen LogP contribution in [-0.4, -0.2) is 32.3 Å². The number of benzene rings is 2. The summed E-state index contributed by atoms with van der Waals surface area (Å²) in [5, 5.41) is 0. The highest BCUT2D eigenvalue weighted by Gasteiger charge is 2.17. The summed E-state index contributed by atoms with van der Waals surface area (Å²) in [4.78, 5) is 14.5. The van der Waals surface area contributed by atoms with Crippen molar-refractivity contribution >= 4 is 15.9 Å². The van der Waals surface area contributed by atoms with Crippen LogP contribution in [0.3, 0.4) is 0 Å². The number of sulfonamides is 1. The number of carbonyl (C=O) groups is 1. The minimum absolute atomic E-state index is 0.122. The molecule has 0 heterocycles. The van der Waals surface area contributed by atoms with Crippen LogP contribution in [0.4, 0.5) is 0 Å². The molecule has 25 heavy (non-hydrogen) atoms. The van der Waals surface area contributed by atoms with Gasteiger partial charge in [-0.15, -0.1) is 6.58 Å².